The summed E-state index contributed by atoms with van der Waals surface area (Å²) in [6.45, 7) is 0.604. The molecule has 0 aromatic heterocycles. The van der Waals surface area contributed by atoms with Gasteiger partial charge in [0.1, 0.15) is 5.75 Å². The zero-order valence-corrected chi connectivity index (χ0v) is 12.7. The largest absolute Gasteiger partial charge is 0.496 e. The molecule has 0 atom stereocenters. The van der Waals surface area contributed by atoms with Gasteiger partial charge in [-0.05, 0) is 25.0 Å². The van der Waals surface area contributed by atoms with Crippen molar-refractivity contribution < 1.29 is 14.2 Å². The molecule has 0 radical (unpaired) electrons. The van der Waals surface area contributed by atoms with Crippen LogP contribution < -0.4 is 19.9 Å². The molecule has 20 heavy (non-hydrogen) atoms. The van der Waals surface area contributed by atoms with Crippen molar-refractivity contribution in [3.05, 3.63) is 17.7 Å². The van der Waals surface area contributed by atoms with Gasteiger partial charge >= 0.3 is 0 Å². The molecule has 1 aromatic rings. The first kappa shape index (κ1) is 15.0. The highest BCUT2D eigenvalue weighted by molar-refractivity contribution is 5.57. The van der Waals surface area contributed by atoms with Gasteiger partial charge in [-0.3, -0.25) is 0 Å². The van der Waals surface area contributed by atoms with Crippen molar-refractivity contribution in [3.8, 4) is 17.2 Å². The van der Waals surface area contributed by atoms with E-state index in [9.17, 15) is 0 Å². The fourth-order valence-electron chi connectivity index (χ4n) is 3.37. The molecule has 1 aromatic carbocycles. The van der Waals surface area contributed by atoms with Gasteiger partial charge in [0.05, 0.1) is 21.3 Å². The van der Waals surface area contributed by atoms with Crippen molar-refractivity contribution in [2.75, 3.05) is 27.9 Å². The molecule has 0 spiro atoms. The van der Waals surface area contributed by atoms with E-state index in [1.807, 2.05) is 12.1 Å². The maximum Gasteiger partial charge on any atom is 0.168 e. The molecule has 112 valence electrons. The van der Waals surface area contributed by atoms with Crippen molar-refractivity contribution in [3.63, 3.8) is 0 Å². The third-order valence-corrected chi connectivity index (χ3v) is 4.46. The first-order valence-corrected chi connectivity index (χ1v) is 7.22. The molecule has 4 heteroatoms. The van der Waals surface area contributed by atoms with Crippen LogP contribution in [0, 0.1) is 0 Å². The highest BCUT2D eigenvalue weighted by Crippen LogP contribution is 2.50. The van der Waals surface area contributed by atoms with E-state index >= 15 is 0 Å². The zero-order chi connectivity index (χ0) is 14.6. The van der Waals surface area contributed by atoms with E-state index in [0.29, 0.717) is 6.54 Å². The Kier molecular flexibility index (Phi) is 4.76. The van der Waals surface area contributed by atoms with Gasteiger partial charge in [-0.25, -0.2) is 0 Å². The average Bonchev–Trinajstić information content (AvgIpc) is 2.53. The van der Waals surface area contributed by atoms with E-state index in [4.69, 9.17) is 19.9 Å². The number of methoxy groups -OCH3 is 3. The van der Waals surface area contributed by atoms with E-state index in [-0.39, 0.29) is 5.41 Å². The van der Waals surface area contributed by atoms with Crippen molar-refractivity contribution in [1.29, 1.82) is 0 Å². The predicted molar refractivity (Wildman–Crippen MR) is 79.9 cm³/mol. The van der Waals surface area contributed by atoms with Crippen LogP contribution in [-0.4, -0.2) is 27.9 Å². The smallest absolute Gasteiger partial charge is 0.168 e. The highest BCUT2D eigenvalue weighted by atomic mass is 16.5. The number of benzene rings is 1. The lowest BCUT2D eigenvalue weighted by molar-refractivity contribution is 0.268. The standard InChI is InChI=1S/C16H25NO3/c1-18-12-7-8-13(19-2)15(20-3)14(12)16(11-17)9-5-4-6-10-16/h7-8H,4-6,9-11,17H2,1-3H3. The van der Waals surface area contributed by atoms with E-state index in [2.05, 4.69) is 0 Å². The molecule has 1 aliphatic rings. The monoisotopic (exact) mass is 279 g/mol. The van der Waals surface area contributed by atoms with Gasteiger partial charge < -0.3 is 19.9 Å². The highest BCUT2D eigenvalue weighted by Gasteiger charge is 2.38. The average molecular weight is 279 g/mol. The van der Waals surface area contributed by atoms with E-state index < -0.39 is 0 Å². The minimum Gasteiger partial charge on any atom is -0.496 e. The maximum absolute atomic E-state index is 6.16. The molecule has 0 saturated heterocycles. The second-order valence-electron chi connectivity index (χ2n) is 5.42. The normalized spacial score (nSPS) is 17.6. The number of hydrogen-bond acceptors (Lipinski definition) is 4. The lowest BCUT2D eigenvalue weighted by Crippen LogP contribution is -2.37. The van der Waals surface area contributed by atoms with E-state index in [1.54, 1.807) is 21.3 Å². The SMILES string of the molecule is COc1ccc(OC)c(C2(CN)CCCCC2)c1OC. The summed E-state index contributed by atoms with van der Waals surface area (Å²) in [5.74, 6) is 2.34. The number of nitrogens with two attached hydrogens (primary N) is 1. The molecule has 0 heterocycles. The van der Waals surface area contributed by atoms with Crippen LogP contribution in [0.15, 0.2) is 12.1 Å². The lowest BCUT2D eigenvalue weighted by atomic mass is 9.68. The fourth-order valence-corrected chi connectivity index (χ4v) is 3.37. The van der Waals surface area contributed by atoms with Gasteiger partial charge in [0.25, 0.3) is 0 Å². The van der Waals surface area contributed by atoms with Crippen LogP contribution in [0.5, 0.6) is 17.2 Å². The van der Waals surface area contributed by atoms with Crippen LogP contribution in [-0.2, 0) is 5.41 Å². The second-order valence-corrected chi connectivity index (χ2v) is 5.42. The number of rotatable bonds is 5. The summed E-state index contributed by atoms with van der Waals surface area (Å²) in [4.78, 5) is 0. The summed E-state index contributed by atoms with van der Waals surface area (Å²) in [7, 11) is 5.02. The Morgan fingerprint density at radius 1 is 0.950 bits per heavy atom. The van der Waals surface area contributed by atoms with Crippen molar-refractivity contribution in [2.45, 2.75) is 37.5 Å². The molecule has 2 rings (SSSR count). The van der Waals surface area contributed by atoms with Crippen LogP contribution in [0.4, 0.5) is 0 Å². The predicted octanol–water partition coefficient (Wildman–Crippen LogP) is 2.87. The third-order valence-electron chi connectivity index (χ3n) is 4.46. The third kappa shape index (κ3) is 2.44. The van der Waals surface area contributed by atoms with E-state index in [1.165, 1.54) is 19.3 Å². The Balaban J connectivity index is 2.61. The Morgan fingerprint density at radius 2 is 1.55 bits per heavy atom. The fraction of sp³-hybridized carbons (Fsp3) is 0.625. The summed E-state index contributed by atoms with van der Waals surface area (Å²) in [6, 6.07) is 3.83. The van der Waals surface area contributed by atoms with Gasteiger partial charge in [0.15, 0.2) is 11.5 Å². The minimum atomic E-state index is -0.0660. The van der Waals surface area contributed by atoms with Gasteiger partial charge in [-0.1, -0.05) is 19.3 Å². The molecule has 0 aliphatic heterocycles. The Labute approximate surface area is 121 Å². The molecule has 0 bridgehead atoms. The maximum atomic E-state index is 6.16. The van der Waals surface area contributed by atoms with Crippen LogP contribution >= 0.6 is 0 Å². The van der Waals surface area contributed by atoms with Crippen LogP contribution in [0.1, 0.15) is 37.7 Å². The topological polar surface area (TPSA) is 53.7 Å². The van der Waals surface area contributed by atoms with E-state index in [0.717, 1.165) is 35.7 Å². The molecule has 1 aliphatic carbocycles. The Morgan fingerprint density at radius 3 is 2.05 bits per heavy atom. The summed E-state index contributed by atoms with van der Waals surface area (Å²) < 4.78 is 16.6. The van der Waals surface area contributed by atoms with Gasteiger partial charge in [-0.2, -0.15) is 0 Å². The molecule has 0 unspecified atom stereocenters. The summed E-state index contributed by atoms with van der Waals surface area (Å²) in [5, 5.41) is 0. The van der Waals surface area contributed by atoms with Gasteiger partial charge in [-0.15, -0.1) is 0 Å². The first-order chi connectivity index (χ1) is 9.72. The molecular weight excluding hydrogens is 254 g/mol. The number of hydrogen-bond donors (Lipinski definition) is 1. The van der Waals surface area contributed by atoms with Crippen LogP contribution in [0.3, 0.4) is 0 Å². The molecule has 1 saturated carbocycles. The van der Waals surface area contributed by atoms with Crippen molar-refractivity contribution >= 4 is 0 Å². The van der Waals surface area contributed by atoms with Gasteiger partial charge in [0, 0.05) is 17.5 Å². The Hall–Kier alpha value is -1.42. The van der Waals surface area contributed by atoms with Crippen molar-refractivity contribution in [1.82, 2.24) is 0 Å². The molecule has 2 N–H and O–H groups in total. The lowest BCUT2D eigenvalue weighted by Gasteiger charge is -2.38. The minimum absolute atomic E-state index is 0.0660. The zero-order valence-electron chi connectivity index (χ0n) is 12.7. The molecule has 1 fully saturated rings. The van der Waals surface area contributed by atoms with Crippen LogP contribution in [0.25, 0.3) is 0 Å². The first-order valence-electron chi connectivity index (χ1n) is 7.22. The Bertz CT molecular complexity index is 453. The van der Waals surface area contributed by atoms with Crippen molar-refractivity contribution in [2.24, 2.45) is 5.73 Å². The van der Waals surface area contributed by atoms with Gasteiger partial charge in [0.2, 0.25) is 0 Å². The summed E-state index contributed by atoms with van der Waals surface area (Å²) >= 11 is 0. The summed E-state index contributed by atoms with van der Waals surface area (Å²) in [5.41, 5.74) is 7.16. The molecular formula is C16H25NO3. The van der Waals surface area contributed by atoms with Crippen LogP contribution in [0.2, 0.25) is 0 Å². The molecule has 0 amide bonds. The second kappa shape index (κ2) is 6.35. The molecule has 4 nitrogen and oxygen atoms in total. The summed E-state index contributed by atoms with van der Waals surface area (Å²) in [6.07, 6.45) is 5.81. The number of ether oxygens (including phenoxy) is 3. The quantitative estimate of drug-likeness (QED) is 0.900.